The predicted molar refractivity (Wildman–Crippen MR) is 85.9 cm³/mol. The number of rotatable bonds is 6. The molecular formula is C13H16Cl3NO3S. The van der Waals surface area contributed by atoms with E-state index in [0.29, 0.717) is 12.5 Å². The van der Waals surface area contributed by atoms with Crippen molar-refractivity contribution in [2.24, 2.45) is 5.92 Å². The summed E-state index contributed by atoms with van der Waals surface area (Å²) in [6.07, 6.45) is 1.83. The van der Waals surface area contributed by atoms with Crippen molar-refractivity contribution in [2.45, 2.75) is 31.6 Å². The average molecular weight is 373 g/mol. The summed E-state index contributed by atoms with van der Waals surface area (Å²) < 4.78 is 22.8. The second-order valence-electron chi connectivity index (χ2n) is 5.00. The number of amides is 1. The van der Waals surface area contributed by atoms with Crippen molar-refractivity contribution in [1.82, 2.24) is 5.32 Å². The van der Waals surface area contributed by atoms with E-state index in [9.17, 15) is 13.2 Å². The second kappa shape index (κ2) is 7.68. The molecule has 0 radical (unpaired) electrons. The van der Waals surface area contributed by atoms with Crippen LogP contribution in [-0.4, -0.2) is 20.9 Å². The summed E-state index contributed by atoms with van der Waals surface area (Å²) in [7, 11) is 1.20. The highest BCUT2D eigenvalue weighted by molar-refractivity contribution is 8.13. The summed E-state index contributed by atoms with van der Waals surface area (Å²) in [6.45, 7) is 4.69. The molecule has 4 nitrogen and oxygen atoms in total. The summed E-state index contributed by atoms with van der Waals surface area (Å²) in [5.74, 6) is 0.138. The first-order chi connectivity index (χ1) is 9.62. The molecule has 0 spiro atoms. The topological polar surface area (TPSA) is 63.2 Å². The third-order valence-corrected chi connectivity index (χ3v) is 5.02. The van der Waals surface area contributed by atoms with Crippen LogP contribution in [0.25, 0.3) is 0 Å². The molecule has 8 heteroatoms. The van der Waals surface area contributed by atoms with Crippen molar-refractivity contribution in [3.63, 3.8) is 0 Å². The van der Waals surface area contributed by atoms with Crippen molar-refractivity contribution < 1.29 is 13.2 Å². The van der Waals surface area contributed by atoms with Gasteiger partial charge in [0, 0.05) is 22.8 Å². The van der Waals surface area contributed by atoms with E-state index < -0.39 is 15.0 Å². The lowest BCUT2D eigenvalue weighted by atomic mass is 10.1. The molecule has 0 heterocycles. The Labute approximate surface area is 139 Å². The molecule has 0 aromatic heterocycles. The molecule has 0 unspecified atom stereocenters. The highest BCUT2D eigenvalue weighted by Gasteiger charge is 2.20. The van der Waals surface area contributed by atoms with Crippen molar-refractivity contribution in [3.05, 3.63) is 27.7 Å². The Kier molecular flexibility index (Phi) is 6.78. The lowest BCUT2D eigenvalue weighted by molar-refractivity contribution is 0.0952. The molecule has 1 aromatic carbocycles. The first-order valence-electron chi connectivity index (χ1n) is 6.35. The SMILES string of the molecule is CC(C)CCCNC(=O)c1cc(Cl)c(Cl)c(S(=O)(=O)Cl)c1. The largest absolute Gasteiger partial charge is 0.352 e. The maximum Gasteiger partial charge on any atom is 0.262 e. The normalized spacial score (nSPS) is 11.7. The minimum absolute atomic E-state index is 0.0364. The van der Waals surface area contributed by atoms with Gasteiger partial charge in [-0.3, -0.25) is 4.79 Å². The molecule has 0 aliphatic carbocycles. The molecule has 0 fully saturated rings. The van der Waals surface area contributed by atoms with E-state index in [2.05, 4.69) is 19.2 Å². The summed E-state index contributed by atoms with van der Waals surface area (Å²) in [5.41, 5.74) is 0.105. The van der Waals surface area contributed by atoms with E-state index >= 15 is 0 Å². The van der Waals surface area contributed by atoms with Gasteiger partial charge >= 0.3 is 0 Å². The first kappa shape index (κ1) is 18.6. The van der Waals surface area contributed by atoms with E-state index in [1.807, 2.05) is 0 Å². The fourth-order valence-corrected chi connectivity index (χ4v) is 3.45. The van der Waals surface area contributed by atoms with Gasteiger partial charge in [-0.25, -0.2) is 8.42 Å². The monoisotopic (exact) mass is 371 g/mol. The Morgan fingerprint density at radius 2 is 1.90 bits per heavy atom. The van der Waals surface area contributed by atoms with Crippen LogP contribution in [0.5, 0.6) is 0 Å². The van der Waals surface area contributed by atoms with Gasteiger partial charge in [0.15, 0.2) is 0 Å². The number of carbonyl (C=O) groups is 1. The van der Waals surface area contributed by atoms with Gasteiger partial charge in [0.2, 0.25) is 0 Å². The third-order valence-electron chi connectivity index (χ3n) is 2.76. The second-order valence-corrected chi connectivity index (χ2v) is 8.32. The van der Waals surface area contributed by atoms with Gasteiger partial charge in [-0.2, -0.15) is 0 Å². The summed E-state index contributed by atoms with van der Waals surface area (Å²) in [5, 5.41) is 2.47. The Morgan fingerprint density at radius 1 is 1.29 bits per heavy atom. The standard InChI is InChI=1S/C13H16Cl3NO3S/c1-8(2)4-3-5-17-13(18)9-6-10(14)12(15)11(7-9)21(16,19)20/h6-8H,3-5H2,1-2H3,(H,17,18). The maximum absolute atomic E-state index is 12.0. The van der Waals surface area contributed by atoms with Crippen molar-refractivity contribution in [3.8, 4) is 0 Å². The highest BCUT2D eigenvalue weighted by Crippen LogP contribution is 2.32. The number of carbonyl (C=O) groups excluding carboxylic acids is 1. The zero-order valence-corrected chi connectivity index (χ0v) is 14.7. The first-order valence-corrected chi connectivity index (χ1v) is 9.41. The quantitative estimate of drug-likeness (QED) is 0.604. The van der Waals surface area contributed by atoms with Gasteiger partial charge in [-0.05, 0) is 30.9 Å². The summed E-state index contributed by atoms with van der Waals surface area (Å²) in [4.78, 5) is 11.6. The number of halogens is 3. The number of benzene rings is 1. The molecule has 118 valence electrons. The van der Waals surface area contributed by atoms with Crippen molar-refractivity contribution >= 4 is 48.8 Å². The van der Waals surface area contributed by atoms with E-state index in [-0.39, 0.29) is 20.5 Å². The van der Waals surface area contributed by atoms with Gasteiger partial charge in [0.1, 0.15) is 4.90 Å². The van der Waals surface area contributed by atoms with Gasteiger partial charge < -0.3 is 5.32 Å². The van der Waals surface area contributed by atoms with Crippen LogP contribution >= 0.6 is 33.9 Å². The molecular weight excluding hydrogens is 357 g/mol. The van der Waals surface area contributed by atoms with Crippen molar-refractivity contribution in [1.29, 1.82) is 0 Å². The Morgan fingerprint density at radius 3 is 2.43 bits per heavy atom. The van der Waals surface area contributed by atoms with Crippen LogP contribution in [0, 0.1) is 5.92 Å². The van der Waals surface area contributed by atoms with Crippen LogP contribution in [0.1, 0.15) is 37.0 Å². The van der Waals surface area contributed by atoms with E-state index in [1.165, 1.54) is 6.07 Å². The molecule has 0 atom stereocenters. The highest BCUT2D eigenvalue weighted by atomic mass is 35.7. The minimum Gasteiger partial charge on any atom is -0.352 e. The Bertz CT molecular complexity index is 630. The smallest absolute Gasteiger partial charge is 0.262 e. The Hall–Kier alpha value is -0.490. The summed E-state index contributed by atoms with van der Waals surface area (Å²) in [6, 6.07) is 2.43. The number of nitrogens with one attached hydrogen (secondary N) is 1. The lowest BCUT2D eigenvalue weighted by Gasteiger charge is -2.09. The van der Waals surface area contributed by atoms with E-state index in [4.69, 9.17) is 33.9 Å². The molecule has 0 saturated carbocycles. The zero-order valence-electron chi connectivity index (χ0n) is 11.6. The molecule has 1 N–H and O–H groups in total. The van der Waals surface area contributed by atoms with Gasteiger partial charge in [0.05, 0.1) is 10.0 Å². The van der Waals surface area contributed by atoms with Crippen molar-refractivity contribution in [2.75, 3.05) is 6.54 Å². The lowest BCUT2D eigenvalue weighted by Crippen LogP contribution is -2.24. The number of hydrogen-bond acceptors (Lipinski definition) is 3. The zero-order chi connectivity index (χ0) is 16.2. The van der Waals surface area contributed by atoms with Crippen LogP contribution in [0.3, 0.4) is 0 Å². The summed E-state index contributed by atoms with van der Waals surface area (Å²) >= 11 is 11.6. The Balaban J connectivity index is 2.89. The molecule has 1 amide bonds. The van der Waals surface area contributed by atoms with Gasteiger partial charge in [-0.15, -0.1) is 0 Å². The molecule has 0 bridgehead atoms. The number of hydrogen-bond donors (Lipinski definition) is 1. The van der Waals surface area contributed by atoms with E-state index in [0.717, 1.165) is 18.9 Å². The molecule has 21 heavy (non-hydrogen) atoms. The van der Waals surface area contributed by atoms with Crippen LogP contribution < -0.4 is 5.32 Å². The molecule has 1 aromatic rings. The molecule has 0 aliphatic rings. The fourth-order valence-electron chi connectivity index (χ4n) is 1.69. The minimum atomic E-state index is -4.07. The van der Waals surface area contributed by atoms with Gasteiger partial charge in [0.25, 0.3) is 15.0 Å². The average Bonchev–Trinajstić information content (AvgIpc) is 2.35. The molecule has 0 aliphatic heterocycles. The van der Waals surface area contributed by atoms with E-state index in [1.54, 1.807) is 0 Å². The maximum atomic E-state index is 12.0. The van der Waals surface area contributed by atoms with Crippen LogP contribution in [0.4, 0.5) is 0 Å². The predicted octanol–water partition coefficient (Wildman–Crippen LogP) is 4.09. The van der Waals surface area contributed by atoms with Crippen LogP contribution in [0.2, 0.25) is 10.0 Å². The molecule has 1 rings (SSSR count). The fraction of sp³-hybridized carbons (Fsp3) is 0.462. The van der Waals surface area contributed by atoms with Gasteiger partial charge in [-0.1, -0.05) is 37.0 Å². The molecule has 0 saturated heterocycles. The third kappa shape index (κ3) is 5.66. The van der Waals surface area contributed by atoms with Crippen LogP contribution in [0.15, 0.2) is 17.0 Å². The van der Waals surface area contributed by atoms with Crippen LogP contribution in [-0.2, 0) is 9.05 Å².